The topological polar surface area (TPSA) is 76.4 Å². The highest BCUT2D eigenvalue weighted by molar-refractivity contribution is 6.63. The van der Waals surface area contributed by atoms with E-state index in [2.05, 4.69) is 15.4 Å². The molecule has 2 heterocycles. The predicted octanol–water partition coefficient (Wildman–Crippen LogP) is 2.97. The number of hydrogen-bond acceptors (Lipinski definition) is 4. The number of carbonyl (C=O) groups is 2. The second kappa shape index (κ2) is 7.14. The summed E-state index contributed by atoms with van der Waals surface area (Å²) in [6.07, 6.45) is -5.60. The quantitative estimate of drug-likeness (QED) is 0.461. The standard InChI is InChI=1S/C14H12ClF5N4O2/c1-7-5-9(13(16,17)14(18,19)20)24-11(22-7)6-8(23-24)12(26)21-4-2-3-10(15)25/h5-6H,2-4H2,1H3,(H,21,26). The lowest BCUT2D eigenvalue weighted by atomic mass is 10.2. The van der Waals surface area contributed by atoms with Crippen molar-refractivity contribution in [3.8, 4) is 0 Å². The first-order valence-corrected chi connectivity index (χ1v) is 7.60. The molecule has 0 fully saturated rings. The van der Waals surface area contributed by atoms with Gasteiger partial charge in [0.1, 0.15) is 5.69 Å². The zero-order valence-electron chi connectivity index (χ0n) is 13.2. The summed E-state index contributed by atoms with van der Waals surface area (Å²) in [5, 5.41) is 5.28. The lowest BCUT2D eigenvalue weighted by molar-refractivity contribution is -0.291. The van der Waals surface area contributed by atoms with Crippen LogP contribution in [-0.2, 0) is 10.7 Å². The molecule has 0 aliphatic heterocycles. The second-order valence-corrected chi connectivity index (χ2v) is 5.79. The Labute approximate surface area is 148 Å². The Bertz CT molecular complexity index is 850. The third-order valence-corrected chi connectivity index (χ3v) is 3.49. The van der Waals surface area contributed by atoms with E-state index < -0.39 is 28.9 Å². The molecule has 12 heteroatoms. The SMILES string of the molecule is Cc1cc(C(F)(F)C(F)(F)F)n2nc(C(=O)NCCCC(=O)Cl)cc2n1. The molecule has 0 saturated heterocycles. The predicted molar refractivity (Wildman–Crippen MR) is 80.1 cm³/mol. The van der Waals surface area contributed by atoms with E-state index in [1.165, 1.54) is 6.92 Å². The maximum absolute atomic E-state index is 13.7. The number of aromatic nitrogens is 3. The number of rotatable bonds is 6. The summed E-state index contributed by atoms with van der Waals surface area (Å²) in [5.74, 6) is -5.99. The van der Waals surface area contributed by atoms with E-state index >= 15 is 0 Å². The van der Waals surface area contributed by atoms with Gasteiger partial charge in [-0.1, -0.05) is 0 Å². The van der Waals surface area contributed by atoms with Crippen molar-refractivity contribution in [1.82, 2.24) is 19.9 Å². The molecule has 0 unspecified atom stereocenters. The van der Waals surface area contributed by atoms with E-state index in [1.54, 1.807) is 0 Å². The van der Waals surface area contributed by atoms with Crippen LogP contribution in [0, 0.1) is 6.92 Å². The van der Waals surface area contributed by atoms with Crippen molar-refractivity contribution in [1.29, 1.82) is 0 Å². The van der Waals surface area contributed by atoms with Crippen molar-refractivity contribution in [3.63, 3.8) is 0 Å². The fraction of sp³-hybridized carbons (Fsp3) is 0.429. The smallest absolute Gasteiger partial charge is 0.351 e. The summed E-state index contributed by atoms with van der Waals surface area (Å²) in [6, 6.07) is 1.55. The number of nitrogens with one attached hydrogen (secondary N) is 1. The molecule has 0 saturated carbocycles. The van der Waals surface area contributed by atoms with Gasteiger partial charge in [-0.2, -0.15) is 27.1 Å². The Morgan fingerprint density at radius 2 is 1.88 bits per heavy atom. The van der Waals surface area contributed by atoms with Gasteiger partial charge in [-0.05, 0) is 31.0 Å². The Morgan fingerprint density at radius 1 is 1.23 bits per heavy atom. The maximum Gasteiger partial charge on any atom is 0.459 e. The van der Waals surface area contributed by atoms with Crippen LogP contribution in [0.15, 0.2) is 12.1 Å². The van der Waals surface area contributed by atoms with Crippen molar-refractivity contribution in [3.05, 3.63) is 29.2 Å². The largest absolute Gasteiger partial charge is 0.459 e. The van der Waals surface area contributed by atoms with Crippen LogP contribution < -0.4 is 5.32 Å². The summed E-state index contributed by atoms with van der Waals surface area (Å²) < 4.78 is 65.8. The van der Waals surface area contributed by atoms with Gasteiger partial charge in [0.25, 0.3) is 5.91 Å². The molecule has 26 heavy (non-hydrogen) atoms. The molecule has 0 bridgehead atoms. The first-order chi connectivity index (χ1) is 11.9. The van der Waals surface area contributed by atoms with Gasteiger partial charge in [-0.25, -0.2) is 9.50 Å². The fourth-order valence-electron chi connectivity index (χ4n) is 2.10. The second-order valence-electron chi connectivity index (χ2n) is 5.37. The van der Waals surface area contributed by atoms with Gasteiger partial charge in [0.15, 0.2) is 11.3 Å². The Morgan fingerprint density at radius 3 is 2.46 bits per heavy atom. The lowest BCUT2D eigenvalue weighted by Crippen LogP contribution is -2.36. The van der Waals surface area contributed by atoms with Crippen molar-refractivity contribution in [2.75, 3.05) is 6.54 Å². The van der Waals surface area contributed by atoms with E-state index in [9.17, 15) is 31.5 Å². The van der Waals surface area contributed by atoms with Crippen LogP contribution in [0.4, 0.5) is 22.0 Å². The van der Waals surface area contributed by atoms with Crippen molar-refractivity contribution < 1.29 is 31.5 Å². The monoisotopic (exact) mass is 398 g/mol. The zero-order chi connectivity index (χ0) is 19.7. The highest BCUT2D eigenvalue weighted by Gasteiger charge is 2.60. The summed E-state index contributed by atoms with van der Waals surface area (Å²) in [6.45, 7) is 1.29. The number of carbonyl (C=O) groups excluding carboxylic acids is 2. The van der Waals surface area contributed by atoms with Gasteiger partial charge in [0.05, 0.1) is 0 Å². The average Bonchev–Trinajstić information content (AvgIpc) is 2.92. The van der Waals surface area contributed by atoms with Crippen molar-refractivity contribution >= 4 is 28.4 Å². The van der Waals surface area contributed by atoms with Gasteiger partial charge in [-0.15, -0.1) is 0 Å². The number of fused-ring (bicyclic) bond motifs is 1. The third-order valence-electron chi connectivity index (χ3n) is 3.30. The van der Waals surface area contributed by atoms with Crippen LogP contribution in [0.25, 0.3) is 5.65 Å². The molecule has 2 aromatic heterocycles. The molecule has 0 spiro atoms. The van der Waals surface area contributed by atoms with Crippen LogP contribution in [-0.4, -0.2) is 38.5 Å². The van der Waals surface area contributed by atoms with Crippen LogP contribution in [0.5, 0.6) is 0 Å². The number of aryl methyl sites for hydroxylation is 1. The fourth-order valence-corrected chi connectivity index (χ4v) is 2.23. The summed E-state index contributed by atoms with van der Waals surface area (Å²) >= 11 is 5.14. The van der Waals surface area contributed by atoms with E-state index in [1.807, 2.05) is 0 Å². The molecular formula is C14H12ClF5N4O2. The van der Waals surface area contributed by atoms with Gasteiger partial charge < -0.3 is 5.32 Å². The molecule has 142 valence electrons. The zero-order valence-corrected chi connectivity index (χ0v) is 14.0. The van der Waals surface area contributed by atoms with Crippen molar-refractivity contribution in [2.24, 2.45) is 0 Å². The maximum atomic E-state index is 13.7. The first kappa shape index (κ1) is 20.0. The van der Waals surface area contributed by atoms with Gasteiger partial charge in [0, 0.05) is 24.7 Å². The molecule has 0 atom stereocenters. The molecule has 2 rings (SSSR count). The minimum absolute atomic E-state index is 0.00963. The number of amides is 1. The number of nitrogens with zero attached hydrogens (tertiary/aromatic N) is 3. The molecule has 0 radical (unpaired) electrons. The normalized spacial score (nSPS) is 12.4. The van der Waals surface area contributed by atoms with Crippen LogP contribution in [0.1, 0.15) is 34.7 Å². The minimum Gasteiger partial charge on any atom is -0.351 e. The van der Waals surface area contributed by atoms with Crippen molar-refractivity contribution in [2.45, 2.75) is 31.9 Å². The molecule has 2 aromatic rings. The van der Waals surface area contributed by atoms with Gasteiger partial charge >= 0.3 is 12.1 Å². The molecular weight excluding hydrogens is 387 g/mol. The lowest BCUT2D eigenvalue weighted by Gasteiger charge is -2.20. The van der Waals surface area contributed by atoms with E-state index in [0.29, 0.717) is 6.07 Å². The Balaban J connectivity index is 2.35. The molecule has 0 aliphatic carbocycles. The highest BCUT2D eigenvalue weighted by Crippen LogP contribution is 2.43. The molecule has 0 aliphatic rings. The van der Waals surface area contributed by atoms with E-state index in [-0.39, 0.29) is 40.9 Å². The highest BCUT2D eigenvalue weighted by atomic mass is 35.5. The van der Waals surface area contributed by atoms with Gasteiger partial charge in [0.2, 0.25) is 5.24 Å². The average molecular weight is 399 g/mol. The number of hydrogen-bond donors (Lipinski definition) is 1. The van der Waals surface area contributed by atoms with Crippen LogP contribution in [0.3, 0.4) is 0 Å². The molecule has 1 amide bonds. The van der Waals surface area contributed by atoms with E-state index in [0.717, 1.165) is 6.07 Å². The molecule has 6 nitrogen and oxygen atoms in total. The molecule has 1 N–H and O–H groups in total. The first-order valence-electron chi connectivity index (χ1n) is 7.22. The summed E-state index contributed by atoms with van der Waals surface area (Å²) in [5.41, 5.74) is -2.26. The number of halogens is 6. The van der Waals surface area contributed by atoms with Gasteiger partial charge in [-0.3, -0.25) is 9.59 Å². The molecule has 0 aromatic carbocycles. The van der Waals surface area contributed by atoms with Crippen LogP contribution >= 0.6 is 11.6 Å². The Kier molecular flexibility index (Phi) is 5.49. The summed E-state index contributed by atoms with van der Waals surface area (Å²) in [7, 11) is 0. The van der Waals surface area contributed by atoms with E-state index in [4.69, 9.17) is 11.6 Å². The summed E-state index contributed by atoms with van der Waals surface area (Å²) in [4.78, 5) is 26.4. The minimum atomic E-state index is -5.84. The number of alkyl halides is 5. The van der Waals surface area contributed by atoms with Crippen LogP contribution in [0.2, 0.25) is 0 Å². The third kappa shape index (κ3) is 4.09. The Hall–Kier alpha value is -2.30.